The summed E-state index contributed by atoms with van der Waals surface area (Å²) in [5.74, 6) is -1.28. The van der Waals surface area contributed by atoms with Gasteiger partial charge in [-0.2, -0.15) is 18.2 Å². The molecule has 3 rings (SSSR count). The molecule has 10 heteroatoms. The molecule has 0 atom stereocenters. The number of hydrogen-bond donors (Lipinski definition) is 2. The van der Waals surface area contributed by atoms with Crippen LogP contribution in [-0.4, -0.2) is 36.3 Å². The number of ether oxygens (including phenoxy) is 1. The predicted octanol–water partition coefficient (Wildman–Crippen LogP) is 2.80. The Morgan fingerprint density at radius 3 is 2.56 bits per heavy atom. The average Bonchev–Trinajstić information content (AvgIpc) is 2.58. The van der Waals surface area contributed by atoms with E-state index >= 15 is 0 Å². The number of aromatic nitrogens is 2. The van der Waals surface area contributed by atoms with E-state index in [1.165, 1.54) is 12.1 Å². The van der Waals surface area contributed by atoms with E-state index in [4.69, 9.17) is 10.5 Å². The van der Waals surface area contributed by atoms with Gasteiger partial charge in [0.1, 0.15) is 0 Å². The molecule has 25 heavy (non-hydrogen) atoms. The van der Waals surface area contributed by atoms with Gasteiger partial charge in [0.05, 0.1) is 25.0 Å². The van der Waals surface area contributed by atoms with E-state index in [1.807, 2.05) is 0 Å². The second kappa shape index (κ2) is 6.71. The monoisotopic (exact) mass is 357 g/mol. The SMILES string of the molecule is Nc1nc(Nc2ccc(N3CCOCC3)c(C(F)(F)F)c2)ncc1F. The van der Waals surface area contributed by atoms with Crippen molar-refractivity contribution in [1.29, 1.82) is 0 Å². The zero-order chi connectivity index (χ0) is 18.0. The van der Waals surface area contributed by atoms with Crippen LogP contribution in [0.4, 0.5) is 40.7 Å². The van der Waals surface area contributed by atoms with Crippen LogP contribution in [0.15, 0.2) is 24.4 Å². The lowest BCUT2D eigenvalue weighted by molar-refractivity contribution is -0.137. The van der Waals surface area contributed by atoms with Crippen LogP contribution in [0.3, 0.4) is 0 Å². The number of nitrogens with zero attached hydrogens (tertiary/aromatic N) is 3. The van der Waals surface area contributed by atoms with Gasteiger partial charge < -0.3 is 20.7 Å². The number of morpholine rings is 1. The van der Waals surface area contributed by atoms with E-state index in [2.05, 4.69) is 15.3 Å². The van der Waals surface area contributed by atoms with Gasteiger partial charge in [-0.25, -0.2) is 9.37 Å². The van der Waals surface area contributed by atoms with Crippen molar-refractivity contribution in [3.8, 4) is 0 Å². The van der Waals surface area contributed by atoms with Gasteiger partial charge in [0, 0.05) is 24.5 Å². The smallest absolute Gasteiger partial charge is 0.381 e. The summed E-state index contributed by atoms with van der Waals surface area (Å²) in [7, 11) is 0. The summed E-state index contributed by atoms with van der Waals surface area (Å²) in [6.07, 6.45) is -3.69. The van der Waals surface area contributed by atoms with E-state index in [9.17, 15) is 17.6 Å². The Balaban J connectivity index is 1.92. The third-order valence-electron chi connectivity index (χ3n) is 3.68. The molecular formula is C15H15F4N5O. The Morgan fingerprint density at radius 2 is 1.92 bits per heavy atom. The predicted molar refractivity (Wildman–Crippen MR) is 84.2 cm³/mol. The Labute approximate surface area is 140 Å². The summed E-state index contributed by atoms with van der Waals surface area (Å²) in [6.45, 7) is 1.51. The molecule has 2 aromatic rings. The molecule has 1 saturated heterocycles. The topological polar surface area (TPSA) is 76.3 Å². The maximum Gasteiger partial charge on any atom is 0.418 e. The van der Waals surface area contributed by atoms with Gasteiger partial charge in [-0.05, 0) is 18.2 Å². The van der Waals surface area contributed by atoms with Crippen molar-refractivity contribution in [1.82, 2.24) is 9.97 Å². The molecule has 2 heterocycles. The first-order valence-electron chi connectivity index (χ1n) is 7.43. The minimum absolute atomic E-state index is 0.0842. The summed E-state index contributed by atoms with van der Waals surface area (Å²) in [6, 6.07) is 3.82. The number of benzene rings is 1. The minimum atomic E-state index is -4.53. The van der Waals surface area contributed by atoms with E-state index in [0.29, 0.717) is 26.3 Å². The van der Waals surface area contributed by atoms with Crippen LogP contribution in [0.5, 0.6) is 0 Å². The number of nitrogens with two attached hydrogens (primary N) is 1. The van der Waals surface area contributed by atoms with Crippen LogP contribution in [0.25, 0.3) is 0 Å². The van der Waals surface area contributed by atoms with Crippen molar-refractivity contribution in [2.75, 3.05) is 42.3 Å². The van der Waals surface area contributed by atoms with Gasteiger partial charge in [-0.3, -0.25) is 0 Å². The highest BCUT2D eigenvalue weighted by Crippen LogP contribution is 2.38. The number of alkyl halides is 3. The molecule has 1 fully saturated rings. The Morgan fingerprint density at radius 1 is 1.20 bits per heavy atom. The van der Waals surface area contributed by atoms with Crippen molar-refractivity contribution in [2.45, 2.75) is 6.18 Å². The van der Waals surface area contributed by atoms with Gasteiger partial charge in [-0.15, -0.1) is 0 Å². The largest absolute Gasteiger partial charge is 0.418 e. The van der Waals surface area contributed by atoms with E-state index in [0.717, 1.165) is 12.3 Å². The summed E-state index contributed by atoms with van der Waals surface area (Å²) >= 11 is 0. The fourth-order valence-electron chi connectivity index (χ4n) is 2.49. The third-order valence-corrected chi connectivity index (χ3v) is 3.68. The fraction of sp³-hybridized carbons (Fsp3) is 0.333. The molecule has 0 amide bonds. The second-order valence-electron chi connectivity index (χ2n) is 5.38. The molecule has 0 radical (unpaired) electrons. The molecule has 0 bridgehead atoms. The van der Waals surface area contributed by atoms with Crippen LogP contribution in [0.1, 0.15) is 5.56 Å². The highest BCUT2D eigenvalue weighted by Gasteiger charge is 2.35. The fourth-order valence-corrected chi connectivity index (χ4v) is 2.49. The highest BCUT2D eigenvalue weighted by molar-refractivity contribution is 5.65. The van der Waals surface area contributed by atoms with E-state index in [1.54, 1.807) is 4.90 Å². The Bertz CT molecular complexity index is 762. The third kappa shape index (κ3) is 3.90. The standard InChI is InChI=1S/C15H15F4N5O/c16-11-8-21-14(23-13(11)20)22-9-1-2-12(10(7-9)15(17,18)19)24-3-5-25-6-4-24/h1-2,7-8H,3-6H2,(H3,20,21,22,23). The second-order valence-corrected chi connectivity index (χ2v) is 5.38. The maximum atomic E-state index is 13.5. The molecule has 1 aliphatic rings. The summed E-state index contributed by atoms with van der Waals surface area (Å²) < 4.78 is 58.6. The van der Waals surface area contributed by atoms with Crippen molar-refractivity contribution in [3.05, 3.63) is 35.8 Å². The van der Waals surface area contributed by atoms with Crippen LogP contribution in [0.2, 0.25) is 0 Å². The maximum absolute atomic E-state index is 13.5. The molecule has 1 aromatic carbocycles. The van der Waals surface area contributed by atoms with Crippen LogP contribution < -0.4 is 16.0 Å². The summed E-state index contributed by atoms with van der Waals surface area (Å²) in [5, 5.41) is 2.60. The molecule has 0 aliphatic carbocycles. The van der Waals surface area contributed by atoms with Gasteiger partial charge >= 0.3 is 6.18 Å². The Hall–Kier alpha value is -2.62. The molecule has 6 nitrogen and oxygen atoms in total. The summed E-state index contributed by atoms with van der Waals surface area (Å²) in [5.41, 5.74) is 4.75. The first kappa shape index (κ1) is 17.2. The van der Waals surface area contributed by atoms with Crippen LogP contribution in [-0.2, 0) is 10.9 Å². The number of halogens is 4. The first-order valence-corrected chi connectivity index (χ1v) is 7.43. The molecule has 3 N–H and O–H groups in total. The highest BCUT2D eigenvalue weighted by atomic mass is 19.4. The van der Waals surface area contributed by atoms with Crippen molar-refractivity contribution >= 4 is 23.1 Å². The molecule has 134 valence electrons. The number of anilines is 4. The zero-order valence-corrected chi connectivity index (χ0v) is 13.0. The number of nitrogen functional groups attached to an aromatic ring is 1. The van der Waals surface area contributed by atoms with Gasteiger partial charge in [0.25, 0.3) is 0 Å². The van der Waals surface area contributed by atoms with E-state index in [-0.39, 0.29) is 17.3 Å². The molecular weight excluding hydrogens is 342 g/mol. The lowest BCUT2D eigenvalue weighted by Crippen LogP contribution is -2.37. The lowest BCUT2D eigenvalue weighted by Gasteiger charge is -2.31. The average molecular weight is 357 g/mol. The summed E-state index contributed by atoms with van der Waals surface area (Å²) in [4.78, 5) is 8.93. The molecule has 0 spiro atoms. The molecule has 0 saturated carbocycles. The normalized spacial score (nSPS) is 15.3. The number of nitrogens with one attached hydrogen (secondary N) is 1. The van der Waals surface area contributed by atoms with Crippen LogP contribution in [0, 0.1) is 5.82 Å². The minimum Gasteiger partial charge on any atom is -0.381 e. The molecule has 1 aliphatic heterocycles. The molecule has 1 aromatic heterocycles. The molecule has 0 unspecified atom stereocenters. The zero-order valence-electron chi connectivity index (χ0n) is 13.0. The lowest BCUT2D eigenvalue weighted by atomic mass is 10.1. The Kier molecular flexibility index (Phi) is 4.62. The van der Waals surface area contributed by atoms with Gasteiger partial charge in [-0.1, -0.05) is 0 Å². The quantitative estimate of drug-likeness (QED) is 0.823. The first-order chi connectivity index (χ1) is 11.8. The van der Waals surface area contributed by atoms with Crippen molar-refractivity contribution in [2.24, 2.45) is 0 Å². The van der Waals surface area contributed by atoms with Gasteiger partial charge in [0.15, 0.2) is 11.6 Å². The van der Waals surface area contributed by atoms with Crippen LogP contribution >= 0.6 is 0 Å². The van der Waals surface area contributed by atoms with E-state index < -0.39 is 23.4 Å². The number of rotatable bonds is 3. The van der Waals surface area contributed by atoms with Crippen molar-refractivity contribution in [3.63, 3.8) is 0 Å². The number of hydrogen-bond acceptors (Lipinski definition) is 6. The van der Waals surface area contributed by atoms with Crippen molar-refractivity contribution < 1.29 is 22.3 Å². The van der Waals surface area contributed by atoms with Gasteiger partial charge in [0.2, 0.25) is 5.95 Å².